The number of nitrogens with zero attached hydrogens (tertiary/aromatic N) is 1. The highest BCUT2D eigenvalue weighted by molar-refractivity contribution is 7.92. The first-order chi connectivity index (χ1) is 13.3. The van der Waals surface area contributed by atoms with Gasteiger partial charge in [0.05, 0.1) is 32.1 Å². The Bertz CT molecular complexity index is 910. The van der Waals surface area contributed by atoms with E-state index in [0.717, 1.165) is 6.26 Å². The summed E-state index contributed by atoms with van der Waals surface area (Å²) in [4.78, 5) is 12.2. The molecule has 2 aromatic rings. The van der Waals surface area contributed by atoms with Gasteiger partial charge in [0, 0.05) is 11.6 Å². The number of carbonyl (C=O) groups excluding carboxylic acids is 1. The van der Waals surface area contributed by atoms with Crippen LogP contribution in [0.5, 0.6) is 11.5 Å². The topological polar surface area (TPSA) is 84.9 Å². The van der Waals surface area contributed by atoms with Gasteiger partial charge in [-0.3, -0.25) is 9.10 Å². The van der Waals surface area contributed by atoms with E-state index in [1.165, 1.54) is 10.4 Å². The van der Waals surface area contributed by atoms with Crippen molar-refractivity contribution in [3.63, 3.8) is 0 Å². The predicted molar refractivity (Wildman–Crippen MR) is 110 cm³/mol. The van der Waals surface area contributed by atoms with Crippen molar-refractivity contribution in [3.05, 3.63) is 66.7 Å². The van der Waals surface area contributed by atoms with E-state index in [9.17, 15) is 13.2 Å². The van der Waals surface area contributed by atoms with Crippen molar-refractivity contribution in [1.29, 1.82) is 0 Å². The molecule has 0 unspecified atom stereocenters. The number of carbonyl (C=O) groups is 1. The molecule has 0 saturated carbocycles. The standard InChI is InChI=1S/C20H24N2O5S/c1-4-13-22(28(3,24)25)17-10-8-16(9-11-17)20(23)21-12-14-27-19-7-5-6-18(15-19)26-2/h4-11,15H,1,12-14H2,2-3H3,(H,21,23). The van der Waals surface area contributed by atoms with Crippen LogP contribution in [0.1, 0.15) is 10.4 Å². The summed E-state index contributed by atoms with van der Waals surface area (Å²) >= 11 is 0. The Morgan fingerprint density at radius 2 is 1.86 bits per heavy atom. The largest absolute Gasteiger partial charge is 0.497 e. The number of nitrogens with one attached hydrogen (secondary N) is 1. The summed E-state index contributed by atoms with van der Waals surface area (Å²) in [5, 5.41) is 2.76. The molecule has 0 atom stereocenters. The molecular formula is C20H24N2O5S. The molecule has 0 aliphatic rings. The van der Waals surface area contributed by atoms with Crippen LogP contribution in [0.25, 0.3) is 0 Å². The zero-order valence-corrected chi connectivity index (χ0v) is 16.7. The minimum absolute atomic E-state index is 0.159. The SMILES string of the molecule is C=CCN(c1ccc(C(=O)NCCOc2cccc(OC)c2)cc1)S(C)(=O)=O. The summed E-state index contributed by atoms with van der Waals surface area (Å²) in [6, 6.07) is 13.5. The van der Waals surface area contributed by atoms with Crippen molar-refractivity contribution in [2.45, 2.75) is 0 Å². The van der Waals surface area contributed by atoms with Gasteiger partial charge in [0.2, 0.25) is 10.0 Å². The van der Waals surface area contributed by atoms with Crippen molar-refractivity contribution in [2.24, 2.45) is 0 Å². The van der Waals surface area contributed by atoms with Gasteiger partial charge in [-0.05, 0) is 36.4 Å². The van der Waals surface area contributed by atoms with E-state index in [1.807, 2.05) is 12.1 Å². The van der Waals surface area contributed by atoms with Gasteiger partial charge < -0.3 is 14.8 Å². The first-order valence-corrected chi connectivity index (χ1v) is 10.4. The molecule has 0 aliphatic carbocycles. The molecule has 8 heteroatoms. The van der Waals surface area contributed by atoms with Crippen LogP contribution in [0.15, 0.2) is 61.2 Å². The van der Waals surface area contributed by atoms with E-state index in [1.54, 1.807) is 43.5 Å². The zero-order chi connectivity index (χ0) is 20.6. The lowest BCUT2D eigenvalue weighted by molar-refractivity contribution is 0.0947. The molecule has 0 aliphatic heterocycles. The molecule has 7 nitrogen and oxygen atoms in total. The molecule has 0 saturated heterocycles. The van der Waals surface area contributed by atoms with E-state index in [4.69, 9.17) is 9.47 Å². The molecule has 0 aromatic heterocycles. The predicted octanol–water partition coefficient (Wildman–Crippen LogP) is 2.46. The summed E-state index contributed by atoms with van der Waals surface area (Å²) in [5.41, 5.74) is 0.900. The lowest BCUT2D eigenvalue weighted by Crippen LogP contribution is -2.30. The molecule has 1 amide bonds. The second-order valence-electron chi connectivity index (χ2n) is 5.91. The number of sulfonamides is 1. The number of anilines is 1. The summed E-state index contributed by atoms with van der Waals surface area (Å²) in [5.74, 6) is 1.08. The number of benzene rings is 2. The first kappa shape index (κ1) is 21.3. The Balaban J connectivity index is 1.89. The Labute approximate surface area is 165 Å². The third-order valence-electron chi connectivity index (χ3n) is 3.81. The van der Waals surface area contributed by atoms with Gasteiger partial charge in [-0.2, -0.15) is 0 Å². The van der Waals surface area contributed by atoms with Crippen LogP contribution in [0.2, 0.25) is 0 Å². The molecular weight excluding hydrogens is 380 g/mol. The van der Waals surface area contributed by atoms with E-state index in [2.05, 4.69) is 11.9 Å². The number of amides is 1. The smallest absolute Gasteiger partial charge is 0.251 e. The van der Waals surface area contributed by atoms with Gasteiger partial charge in [-0.25, -0.2) is 8.42 Å². The number of hydrogen-bond acceptors (Lipinski definition) is 5. The highest BCUT2D eigenvalue weighted by Crippen LogP contribution is 2.19. The van der Waals surface area contributed by atoms with Crippen molar-refractivity contribution >= 4 is 21.6 Å². The minimum atomic E-state index is -3.43. The fourth-order valence-corrected chi connectivity index (χ4v) is 3.34. The lowest BCUT2D eigenvalue weighted by atomic mass is 10.2. The molecule has 0 radical (unpaired) electrons. The van der Waals surface area contributed by atoms with Gasteiger partial charge >= 0.3 is 0 Å². The third kappa shape index (κ3) is 6.02. The molecule has 2 rings (SSSR count). The monoisotopic (exact) mass is 404 g/mol. The molecule has 0 fully saturated rings. The number of rotatable bonds is 10. The van der Waals surface area contributed by atoms with Crippen molar-refractivity contribution in [3.8, 4) is 11.5 Å². The van der Waals surface area contributed by atoms with Crippen molar-refractivity contribution in [2.75, 3.05) is 37.4 Å². The molecule has 0 spiro atoms. The van der Waals surface area contributed by atoms with Crippen LogP contribution in [0.4, 0.5) is 5.69 Å². The van der Waals surface area contributed by atoms with Gasteiger partial charge in [0.15, 0.2) is 0 Å². The summed E-state index contributed by atoms with van der Waals surface area (Å²) in [6.07, 6.45) is 2.63. The fraction of sp³-hybridized carbons (Fsp3) is 0.250. The molecule has 2 aromatic carbocycles. The van der Waals surface area contributed by atoms with E-state index >= 15 is 0 Å². The Hall–Kier alpha value is -3.00. The zero-order valence-electron chi connectivity index (χ0n) is 15.9. The molecule has 28 heavy (non-hydrogen) atoms. The first-order valence-electron chi connectivity index (χ1n) is 8.59. The Kier molecular flexibility index (Phi) is 7.45. The number of ether oxygens (including phenoxy) is 2. The molecule has 0 heterocycles. The Morgan fingerprint density at radius 1 is 1.18 bits per heavy atom. The van der Waals surface area contributed by atoms with Gasteiger partial charge in [-0.1, -0.05) is 12.1 Å². The van der Waals surface area contributed by atoms with E-state index < -0.39 is 10.0 Å². The van der Waals surface area contributed by atoms with Gasteiger partial charge in [0.25, 0.3) is 5.91 Å². The summed E-state index contributed by atoms with van der Waals surface area (Å²) in [7, 11) is -1.85. The lowest BCUT2D eigenvalue weighted by Gasteiger charge is -2.20. The van der Waals surface area contributed by atoms with Crippen LogP contribution in [-0.2, 0) is 10.0 Å². The molecule has 1 N–H and O–H groups in total. The third-order valence-corrected chi connectivity index (χ3v) is 4.97. The van der Waals surface area contributed by atoms with Crippen LogP contribution in [0, 0.1) is 0 Å². The number of methoxy groups -OCH3 is 1. The van der Waals surface area contributed by atoms with Crippen molar-refractivity contribution in [1.82, 2.24) is 5.32 Å². The van der Waals surface area contributed by atoms with Crippen LogP contribution >= 0.6 is 0 Å². The van der Waals surface area contributed by atoms with Crippen LogP contribution in [0.3, 0.4) is 0 Å². The second kappa shape index (κ2) is 9.80. The maximum absolute atomic E-state index is 12.2. The highest BCUT2D eigenvalue weighted by Gasteiger charge is 2.16. The average Bonchev–Trinajstić information content (AvgIpc) is 2.68. The van der Waals surface area contributed by atoms with E-state index in [0.29, 0.717) is 35.9 Å². The fourth-order valence-electron chi connectivity index (χ4n) is 2.46. The number of hydrogen-bond donors (Lipinski definition) is 1. The Morgan fingerprint density at radius 3 is 2.46 bits per heavy atom. The second-order valence-corrected chi connectivity index (χ2v) is 7.82. The summed E-state index contributed by atoms with van der Waals surface area (Å²) in [6.45, 7) is 4.36. The quantitative estimate of drug-likeness (QED) is 0.486. The molecule has 150 valence electrons. The maximum atomic E-state index is 12.2. The van der Waals surface area contributed by atoms with Gasteiger partial charge in [-0.15, -0.1) is 6.58 Å². The van der Waals surface area contributed by atoms with Crippen LogP contribution < -0.4 is 19.1 Å². The normalized spacial score (nSPS) is 10.8. The van der Waals surface area contributed by atoms with Crippen molar-refractivity contribution < 1.29 is 22.7 Å². The van der Waals surface area contributed by atoms with E-state index in [-0.39, 0.29) is 12.5 Å². The van der Waals surface area contributed by atoms with Gasteiger partial charge in [0.1, 0.15) is 18.1 Å². The highest BCUT2D eigenvalue weighted by atomic mass is 32.2. The molecule has 0 bridgehead atoms. The minimum Gasteiger partial charge on any atom is -0.497 e. The maximum Gasteiger partial charge on any atom is 0.251 e. The average molecular weight is 404 g/mol. The van der Waals surface area contributed by atoms with Crippen LogP contribution in [-0.4, -0.2) is 47.4 Å². The summed E-state index contributed by atoms with van der Waals surface area (Å²) < 4.78 is 35.6.